The SMILES string of the molecule is CCCC[N+]1=C(C2C(=O)C(c3ccc(-c4ccc(C5=C([O-])C(C6=[N+](CCCC)c7ccccc7C6(C)C)C5=O)cc4)cc3)=C2[O-])C(C)(C)c2ccccc21. The Balaban J connectivity index is 1.04. The third-order valence-corrected chi connectivity index (χ3v) is 12.3. The highest BCUT2D eigenvalue weighted by molar-refractivity contribution is 6.38. The molecule has 4 aromatic carbocycles. The van der Waals surface area contributed by atoms with E-state index in [1.807, 2.05) is 72.8 Å². The number of hydrogen-bond donors (Lipinski definition) is 0. The molecule has 4 aliphatic rings. The van der Waals surface area contributed by atoms with Gasteiger partial charge in [-0.05, 0) is 49.9 Å². The number of hydrogen-bond acceptors (Lipinski definition) is 4. The summed E-state index contributed by atoms with van der Waals surface area (Å²) in [4.78, 5) is 27.7. The lowest BCUT2D eigenvalue weighted by atomic mass is 9.67. The largest absolute Gasteiger partial charge is 0.874 e. The average Bonchev–Trinajstić information content (AvgIpc) is 3.52. The molecule has 0 radical (unpaired) electrons. The standard InChI is InChI=1S/C48H48N2O4/c1-7-9-27-49-35-17-13-11-15-33(35)47(3,4)45(49)39-41(51)37(42(39)52)31-23-19-29(20-24-31)30-21-25-32(26-22-30)38-43(53)40(44(38)54)46-48(5,6)34-16-12-14-18-36(34)50(46)28-10-8-2/h11-26,39-40H,7-10,27-28H2,1-6H3. The Morgan fingerprint density at radius 2 is 0.852 bits per heavy atom. The van der Waals surface area contributed by atoms with Gasteiger partial charge >= 0.3 is 0 Å². The fraction of sp³-hybridized carbons (Fsp3) is 0.333. The fourth-order valence-electron chi connectivity index (χ4n) is 9.46. The van der Waals surface area contributed by atoms with Crippen molar-refractivity contribution < 1.29 is 29.0 Å². The number of rotatable bonds is 11. The first-order valence-electron chi connectivity index (χ1n) is 19.5. The maximum absolute atomic E-state index is 13.9. The number of unbranched alkanes of at least 4 members (excludes halogenated alkanes) is 2. The molecule has 0 saturated carbocycles. The van der Waals surface area contributed by atoms with Crippen molar-refractivity contribution in [2.75, 3.05) is 13.1 Å². The Hall–Kier alpha value is -5.36. The van der Waals surface area contributed by atoms with Gasteiger partial charge in [0.15, 0.2) is 23.0 Å². The molecule has 2 aliphatic heterocycles. The van der Waals surface area contributed by atoms with Crippen molar-refractivity contribution in [3.8, 4) is 11.1 Å². The second kappa shape index (κ2) is 13.2. The van der Waals surface area contributed by atoms with E-state index in [1.165, 1.54) is 0 Å². The van der Waals surface area contributed by atoms with Crippen molar-refractivity contribution in [2.24, 2.45) is 11.8 Å². The molecule has 8 rings (SSSR count). The smallest absolute Gasteiger partial charge is 0.209 e. The summed E-state index contributed by atoms with van der Waals surface area (Å²) in [6, 6.07) is 31.6. The molecule has 54 heavy (non-hydrogen) atoms. The molecule has 0 fully saturated rings. The van der Waals surface area contributed by atoms with Crippen LogP contribution in [0.3, 0.4) is 0 Å². The molecule has 0 N–H and O–H groups in total. The van der Waals surface area contributed by atoms with Crippen molar-refractivity contribution in [1.29, 1.82) is 0 Å². The van der Waals surface area contributed by atoms with Crippen LogP contribution >= 0.6 is 0 Å². The van der Waals surface area contributed by atoms with Crippen molar-refractivity contribution in [3.63, 3.8) is 0 Å². The van der Waals surface area contributed by atoms with Gasteiger partial charge in [-0.1, -0.05) is 123 Å². The summed E-state index contributed by atoms with van der Waals surface area (Å²) in [7, 11) is 0. The number of para-hydroxylation sites is 2. The molecule has 274 valence electrons. The van der Waals surface area contributed by atoms with Crippen LogP contribution in [0.25, 0.3) is 22.3 Å². The van der Waals surface area contributed by atoms with Crippen LogP contribution < -0.4 is 10.2 Å². The summed E-state index contributed by atoms with van der Waals surface area (Å²) in [6.45, 7) is 14.3. The van der Waals surface area contributed by atoms with Crippen molar-refractivity contribution >= 4 is 45.5 Å². The van der Waals surface area contributed by atoms with E-state index in [4.69, 9.17) is 0 Å². The first-order chi connectivity index (χ1) is 25.9. The molecule has 2 aliphatic carbocycles. The minimum absolute atomic E-state index is 0.115. The molecule has 0 amide bonds. The summed E-state index contributed by atoms with van der Waals surface area (Å²) in [6.07, 6.45) is 3.99. The predicted octanol–water partition coefficient (Wildman–Crippen LogP) is 7.65. The topological polar surface area (TPSA) is 86.3 Å². The Labute approximate surface area is 318 Å². The molecule has 0 aromatic heterocycles. The molecule has 2 heterocycles. The summed E-state index contributed by atoms with van der Waals surface area (Å²) in [5.74, 6) is -2.00. The molecule has 6 heteroatoms. The van der Waals surface area contributed by atoms with Gasteiger partial charge in [0.2, 0.25) is 11.4 Å². The van der Waals surface area contributed by atoms with Gasteiger partial charge in [-0.2, -0.15) is 9.15 Å². The van der Waals surface area contributed by atoms with E-state index < -0.39 is 22.7 Å². The predicted molar refractivity (Wildman–Crippen MR) is 211 cm³/mol. The van der Waals surface area contributed by atoms with Crippen LogP contribution in [0.1, 0.15) is 89.5 Å². The van der Waals surface area contributed by atoms with Crippen LogP contribution in [0.2, 0.25) is 0 Å². The monoisotopic (exact) mass is 716 g/mol. The molecular formula is C48H48N2O4. The summed E-state index contributed by atoms with van der Waals surface area (Å²) in [5, 5.41) is 27.7. The molecule has 0 spiro atoms. The van der Waals surface area contributed by atoms with Crippen molar-refractivity contribution in [2.45, 2.75) is 78.1 Å². The maximum Gasteiger partial charge on any atom is 0.209 e. The van der Waals surface area contributed by atoms with Gasteiger partial charge < -0.3 is 10.2 Å². The lowest BCUT2D eigenvalue weighted by Crippen LogP contribution is -2.49. The number of ketones is 2. The van der Waals surface area contributed by atoms with E-state index in [1.54, 1.807) is 0 Å². The van der Waals surface area contributed by atoms with E-state index in [-0.39, 0.29) is 34.2 Å². The van der Waals surface area contributed by atoms with Crippen LogP contribution in [0, 0.1) is 11.8 Å². The second-order valence-electron chi connectivity index (χ2n) is 16.3. The molecule has 2 atom stereocenters. The van der Waals surface area contributed by atoms with E-state index >= 15 is 0 Å². The van der Waals surface area contributed by atoms with Crippen molar-refractivity contribution in [1.82, 2.24) is 0 Å². The van der Waals surface area contributed by atoms with E-state index in [9.17, 15) is 19.8 Å². The zero-order valence-corrected chi connectivity index (χ0v) is 32.2. The molecule has 0 bridgehead atoms. The zero-order valence-electron chi connectivity index (χ0n) is 32.2. The van der Waals surface area contributed by atoms with E-state index in [2.05, 4.69) is 75.0 Å². The van der Waals surface area contributed by atoms with Crippen LogP contribution in [0.15, 0.2) is 109 Å². The number of allylic oxidation sites excluding steroid dienone is 4. The quantitative estimate of drug-likeness (QED) is 0.149. The number of carbonyl (C=O) groups excluding carboxylic acids is 2. The Kier molecular flexibility index (Phi) is 8.71. The molecule has 0 saturated heterocycles. The second-order valence-corrected chi connectivity index (χ2v) is 16.3. The molecule has 6 nitrogen and oxygen atoms in total. The Bertz CT molecular complexity index is 2180. The first-order valence-corrected chi connectivity index (χ1v) is 19.5. The van der Waals surface area contributed by atoms with E-state index in [0.717, 1.165) is 83.8 Å². The van der Waals surface area contributed by atoms with Gasteiger partial charge in [-0.25, -0.2) is 0 Å². The van der Waals surface area contributed by atoms with E-state index in [0.29, 0.717) is 11.1 Å². The normalized spacial score (nSPS) is 21.1. The minimum Gasteiger partial charge on any atom is -0.874 e. The van der Waals surface area contributed by atoms with Crippen LogP contribution in [-0.4, -0.2) is 45.2 Å². The van der Waals surface area contributed by atoms with Crippen LogP contribution in [0.4, 0.5) is 11.4 Å². The van der Waals surface area contributed by atoms with Gasteiger partial charge in [0, 0.05) is 47.2 Å². The number of nitrogens with zero attached hydrogens (tertiary/aromatic N) is 2. The van der Waals surface area contributed by atoms with Gasteiger partial charge in [0.1, 0.15) is 24.9 Å². The number of benzene rings is 4. The third-order valence-electron chi connectivity index (χ3n) is 12.3. The lowest BCUT2D eigenvalue weighted by molar-refractivity contribution is -0.443. The summed E-state index contributed by atoms with van der Waals surface area (Å²) in [5.41, 5.74) is 9.05. The zero-order chi connectivity index (χ0) is 38.1. The average molecular weight is 717 g/mol. The Morgan fingerprint density at radius 3 is 1.19 bits per heavy atom. The molecule has 4 aromatic rings. The fourth-order valence-corrected chi connectivity index (χ4v) is 9.46. The number of Topliss-reactive ketones (excluding diaryl/α,β-unsaturated/α-hetero) is 2. The molecular weight excluding hydrogens is 669 g/mol. The van der Waals surface area contributed by atoms with Crippen molar-refractivity contribution in [3.05, 3.63) is 131 Å². The minimum atomic E-state index is -0.770. The molecule has 2 unspecified atom stereocenters. The summed E-state index contributed by atoms with van der Waals surface area (Å²) >= 11 is 0. The lowest BCUT2D eigenvalue weighted by Gasteiger charge is -2.38. The highest BCUT2D eigenvalue weighted by atomic mass is 16.3. The van der Waals surface area contributed by atoms with Crippen LogP contribution in [-0.2, 0) is 20.4 Å². The third kappa shape index (κ3) is 5.20. The van der Waals surface area contributed by atoms with Gasteiger partial charge in [0.05, 0.1) is 10.8 Å². The van der Waals surface area contributed by atoms with Gasteiger partial charge in [-0.3, -0.25) is 9.59 Å². The van der Waals surface area contributed by atoms with Gasteiger partial charge in [0.25, 0.3) is 0 Å². The van der Waals surface area contributed by atoms with Gasteiger partial charge in [-0.15, -0.1) is 0 Å². The highest BCUT2D eigenvalue weighted by Crippen LogP contribution is 2.49. The highest BCUT2D eigenvalue weighted by Gasteiger charge is 2.55. The van der Waals surface area contributed by atoms with Crippen LogP contribution in [0.5, 0.6) is 0 Å². The Morgan fingerprint density at radius 1 is 0.519 bits per heavy atom. The number of carbonyl (C=O) groups is 2. The first kappa shape index (κ1) is 35.7. The number of fused-ring (bicyclic) bond motifs is 2. The summed E-state index contributed by atoms with van der Waals surface area (Å²) < 4.78 is 4.45. The maximum atomic E-state index is 13.9.